The smallest absolute Gasteiger partial charge is 0.329 e. The van der Waals surface area contributed by atoms with Crippen LogP contribution in [0.3, 0.4) is 0 Å². The van der Waals surface area contributed by atoms with E-state index in [1.807, 2.05) is 76.4 Å². The van der Waals surface area contributed by atoms with Crippen LogP contribution in [0.2, 0.25) is 0 Å². The van der Waals surface area contributed by atoms with E-state index in [0.29, 0.717) is 229 Å². The second kappa shape index (κ2) is 54.1. The zero-order valence-electron chi connectivity index (χ0n) is 78.0. The van der Waals surface area contributed by atoms with Crippen LogP contribution in [-0.2, 0) is 115 Å². The van der Waals surface area contributed by atoms with Gasteiger partial charge >= 0.3 is 5.97 Å². The molecule has 2 saturated heterocycles. The van der Waals surface area contributed by atoms with Crippen molar-refractivity contribution in [1.29, 1.82) is 0 Å². The van der Waals surface area contributed by atoms with Crippen LogP contribution in [0.5, 0.6) is 0 Å². The predicted octanol–water partition coefficient (Wildman–Crippen LogP) is 9.69. The SMILES string of the molecule is COC1C[C@@H]2CC[C@@H](C)[C@@](O)(O2)C(=O)C(=O)N2CCCC[C@H]2C(=O)O[C@H]([C@H](C)C[C@@H]2CC[C@@H](OCCC(C)(C)Cc3cn(CCOCCOCCOCCOCCOCCOCCOCCOCCC(=O)NCCCCn4nc(-c5ccc6oc(N)nc6c5)c5c(N)ncnc54)nn3)[C@H](OC)C2)CC(=O)[C@H](C)/C=C(\C)[C@@H](O)[C@@H](OC)C(=O)[C@H](C)C[C@H](C)/C=C/C=C/C=C/1C. The second-order valence-corrected chi connectivity index (χ2v) is 35.5. The summed E-state index contributed by atoms with van der Waals surface area (Å²) >= 11 is 0. The normalized spacial score (nSPS) is 26.4. The number of esters is 1. The Bertz CT molecular complexity index is 4410. The van der Waals surface area contributed by atoms with Gasteiger partial charge in [0.05, 0.1) is 148 Å². The first kappa shape index (κ1) is 104. The molecule has 2 amide bonds. The number of allylic oxidation sites excluding steroid dienone is 6. The number of nitrogens with two attached hydrogens (primary N) is 2. The van der Waals surface area contributed by atoms with Crippen molar-refractivity contribution in [2.24, 2.45) is 40.9 Å². The number of hydrogen-bond donors (Lipinski definition) is 5. The number of nitrogens with zero attached hydrogens (tertiary/aromatic N) is 9. The van der Waals surface area contributed by atoms with Crippen molar-refractivity contribution < 1.29 is 110 Å². The van der Waals surface area contributed by atoms with Gasteiger partial charge in [-0.05, 0) is 156 Å². The second-order valence-electron chi connectivity index (χ2n) is 35.5. The number of methoxy groups -OCH3 is 3. The number of cyclic esters (lactones) is 1. The third-order valence-electron chi connectivity index (χ3n) is 24.7. The summed E-state index contributed by atoms with van der Waals surface area (Å²) in [4.78, 5) is 99.0. The summed E-state index contributed by atoms with van der Waals surface area (Å²) in [5.41, 5.74) is 17.2. The number of nitrogen functional groups attached to an aromatic ring is 2. The van der Waals surface area contributed by atoms with E-state index in [2.05, 4.69) is 44.4 Å². The molecule has 1 saturated carbocycles. The Balaban J connectivity index is 0.599. The lowest BCUT2D eigenvalue weighted by Gasteiger charge is -2.42. The number of aliphatic hydroxyl groups excluding tert-OH is 1. The first-order valence-corrected chi connectivity index (χ1v) is 46.1. The molecule has 35 heteroatoms. The topological polar surface area (TPSA) is 440 Å². The number of Topliss-reactive ketones (excluding diaryl/α,β-unsaturated/α-hetero) is 3. The van der Waals surface area contributed by atoms with Crippen molar-refractivity contribution in [3.8, 4) is 11.3 Å². The number of nitrogens with one attached hydrogen (secondary N) is 1. The van der Waals surface area contributed by atoms with Gasteiger partial charge in [-0.1, -0.05) is 90.1 Å². The van der Waals surface area contributed by atoms with Gasteiger partial charge in [-0.2, -0.15) is 10.1 Å². The molecule has 129 heavy (non-hydrogen) atoms. The molecule has 35 nitrogen and oxygen atoms in total. The van der Waals surface area contributed by atoms with Crippen LogP contribution in [0.4, 0.5) is 11.8 Å². The number of anilines is 2. The molecule has 9 rings (SSSR count). The number of piperidine rings is 1. The van der Waals surface area contributed by atoms with E-state index in [-0.39, 0.29) is 91.3 Å². The zero-order chi connectivity index (χ0) is 92.8. The number of benzene rings is 1. The molecular weight excluding hydrogens is 1670 g/mol. The number of hydrogen-bond acceptors (Lipinski definition) is 31. The van der Waals surface area contributed by atoms with E-state index in [0.717, 1.165) is 42.5 Å². The molecular formula is C94H144N12O23. The van der Waals surface area contributed by atoms with Gasteiger partial charge in [0.25, 0.3) is 17.7 Å². The Hall–Kier alpha value is -8.24. The number of oxazole rings is 1. The van der Waals surface area contributed by atoms with Crippen molar-refractivity contribution in [3.05, 3.63) is 84.0 Å². The van der Waals surface area contributed by atoms with Crippen molar-refractivity contribution in [2.45, 2.75) is 239 Å². The number of carbonyl (C=O) groups excluding carboxylic acids is 6. The maximum Gasteiger partial charge on any atom is 0.329 e. The van der Waals surface area contributed by atoms with E-state index in [1.54, 1.807) is 56.5 Å². The summed E-state index contributed by atoms with van der Waals surface area (Å²) in [6.45, 7) is 25.9. The van der Waals surface area contributed by atoms with Crippen LogP contribution >= 0.6 is 0 Å². The highest BCUT2D eigenvalue weighted by Crippen LogP contribution is 2.40. The number of ether oxygens (including phenoxy) is 14. The fourth-order valence-corrected chi connectivity index (χ4v) is 17.0. The van der Waals surface area contributed by atoms with E-state index in [1.165, 1.54) is 18.3 Å². The molecule has 7 N–H and O–H groups in total. The summed E-state index contributed by atoms with van der Waals surface area (Å²) in [7, 11) is 4.65. The Kier molecular flexibility index (Phi) is 43.8. The average molecular weight is 1810 g/mol. The molecule has 4 aromatic heterocycles. The molecule has 15 atom stereocenters. The Morgan fingerprint density at radius 1 is 0.736 bits per heavy atom. The standard InChI is InChI=1S/C94H144N12O23/c1-62-20-14-13-15-21-63(2)78(115-10)57-72-26-23-68(7)94(114,129-72)87(111)90(112)105-32-18-16-22-74(105)91(113)127-79(58-75(107)64(3)53-67(6)85(110)86(117-12)84(109)66(5)52-62)65(4)54-69-24-27-77(80(55-69)116-11)126-36-30-93(8,9)59-71-60-104(103-101-71)34-37-119-39-41-121-43-45-123-47-49-125-51-50-124-48-46-122-44-42-120-40-38-118-35-29-81(108)97-31-17-19-33-106-89-82(88(95)98-61-99-89)83(102-106)70-25-28-76-73(56-70)100-92(96)128-76/h13-15,20-21,25,28,53,56,60-62,64-66,68-69,72,74,77-80,85-86,110,114H,16-19,22-24,26-27,29-52,54-55,57-59H2,1-12H3,(H2,96,100)(H,97,108)(H2,95,98,99)/b15-13+,20-14+,63-21+,67-53+/t62-,64-,65-,66-,68-,69+,72+,74+,77-,78?,79+,80-,85-,86+,94-/m1/s1. The monoisotopic (exact) mass is 1810 g/mol. The quantitative estimate of drug-likeness (QED) is 0.0105. The summed E-state index contributed by atoms with van der Waals surface area (Å²) in [5.74, 6) is -7.99. The summed E-state index contributed by atoms with van der Waals surface area (Å²) in [6, 6.07) is 4.40. The largest absolute Gasteiger partial charge is 0.460 e. The number of fused-ring (bicyclic) bond motifs is 5. The lowest BCUT2D eigenvalue weighted by atomic mass is 9.78. The van der Waals surface area contributed by atoms with Gasteiger partial charge in [-0.3, -0.25) is 24.0 Å². The van der Waals surface area contributed by atoms with Crippen LogP contribution in [0.25, 0.3) is 33.4 Å². The van der Waals surface area contributed by atoms with Gasteiger partial charge in [0, 0.05) is 96.3 Å². The Morgan fingerprint density at radius 3 is 2.08 bits per heavy atom. The van der Waals surface area contributed by atoms with Crippen molar-refractivity contribution >= 4 is 69.1 Å². The molecule has 718 valence electrons. The number of ketones is 3. The molecule has 5 aromatic rings. The van der Waals surface area contributed by atoms with Gasteiger partial charge in [-0.25, -0.2) is 24.1 Å². The molecule has 3 fully saturated rings. The first-order valence-electron chi connectivity index (χ1n) is 46.1. The van der Waals surface area contributed by atoms with E-state index in [9.17, 15) is 39.0 Å². The molecule has 1 aromatic carbocycles. The average Bonchev–Trinajstić information content (AvgIpc) is 1.63. The minimum atomic E-state index is -2.47. The molecule has 1 aliphatic carbocycles. The van der Waals surface area contributed by atoms with Crippen molar-refractivity contribution in [3.63, 3.8) is 0 Å². The minimum absolute atomic E-state index is 0.00708. The van der Waals surface area contributed by atoms with Crippen molar-refractivity contribution in [2.75, 3.05) is 158 Å². The molecule has 4 aliphatic rings. The molecule has 3 aliphatic heterocycles. The van der Waals surface area contributed by atoms with E-state index >= 15 is 0 Å². The van der Waals surface area contributed by atoms with Gasteiger partial charge < -0.3 is 103 Å². The summed E-state index contributed by atoms with van der Waals surface area (Å²) < 4.78 is 91.1. The first-order chi connectivity index (χ1) is 62.1. The number of amides is 2. The summed E-state index contributed by atoms with van der Waals surface area (Å²) in [5, 5.41) is 41.1. The van der Waals surface area contributed by atoms with Gasteiger partial charge in [0.15, 0.2) is 17.0 Å². The highest BCUT2D eigenvalue weighted by atomic mass is 16.6. The Labute approximate surface area is 758 Å². The number of aryl methyl sites for hydroxylation is 1. The highest BCUT2D eigenvalue weighted by molar-refractivity contribution is 6.39. The van der Waals surface area contributed by atoms with Crippen LogP contribution < -0.4 is 16.8 Å². The predicted molar refractivity (Wildman–Crippen MR) is 482 cm³/mol. The third kappa shape index (κ3) is 32.9. The van der Waals surface area contributed by atoms with Crippen LogP contribution in [-0.4, -0.2) is 291 Å². The maximum atomic E-state index is 14.8. The fraction of sp³-hybridized carbons (Fsp3) is 0.702. The van der Waals surface area contributed by atoms with Gasteiger partial charge in [0.1, 0.15) is 53.5 Å². The van der Waals surface area contributed by atoms with Crippen LogP contribution in [0.1, 0.15) is 171 Å². The van der Waals surface area contributed by atoms with Gasteiger partial charge in [0.2, 0.25) is 11.7 Å². The lowest BCUT2D eigenvalue weighted by Crippen LogP contribution is -2.61. The molecule has 2 bridgehead atoms. The number of carbonyl (C=O) groups is 6. The molecule has 0 radical (unpaired) electrons. The molecule has 0 spiro atoms. The highest BCUT2D eigenvalue weighted by Gasteiger charge is 2.53. The Morgan fingerprint density at radius 2 is 1.41 bits per heavy atom. The fourth-order valence-electron chi connectivity index (χ4n) is 17.0. The van der Waals surface area contributed by atoms with E-state index < -0.39 is 77.8 Å². The third-order valence-corrected chi connectivity index (χ3v) is 24.7. The number of rotatable bonds is 45. The van der Waals surface area contributed by atoms with E-state index in [4.69, 9.17) is 87.3 Å². The number of unbranched alkanes of at least 4 members (excludes halogenated alkanes) is 1. The lowest BCUT2D eigenvalue weighted by molar-refractivity contribution is -0.265. The molecule has 7 heterocycles. The van der Waals surface area contributed by atoms with Gasteiger partial charge in [-0.15, -0.1) is 5.10 Å². The number of aromatic nitrogens is 8. The van der Waals surface area contributed by atoms with Crippen LogP contribution in [0, 0.1) is 40.9 Å². The molecule has 1 unspecified atom stereocenters. The number of aliphatic hydroxyl groups is 2. The minimum Gasteiger partial charge on any atom is -0.460 e. The maximum absolute atomic E-state index is 14.8. The van der Waals surface area contributed by atoms with Crippen molar-refractivity contribution in [1.82, 2.24) is 49.9 Å². The zero-order valence-corrected chi connectivity index (χ0v) is 78.0. The summed E-state index contributed by atoms with van der Waals surface area (Å²) in [6.07, 6.45) is 18.2. The van der Waals surface area contributed by atoms with Crippen LogP contribution in [0.15, 0.2) is 82.7 Å².